The Balaban J connectivity index is 2.46. The normalized spacial score (nSPS) is 18.9. The third kappa shape index (κ3) is 6.03. The maximum absolute atomic E-state index is 12.2. The smallest absolute Gasteiger partial charge is 0.308 e. The van der Waals surface area contributed by atoms with E-state index in [0.717, 1.165) is 6.42 Å². The van der Waals surface area contributed by atoms with Crippen molar-refractivity contribution in [3.63, 3.8) is 0 Å². The summed E-state index contributed by atoms with van der Waals surface area (Å²) in [6.45, 7) is 7.07. The molecule has 1 rings (SSSR count). The number of carboxylic acid groups (broad SMARTS) is 1. The Morgan fingerprint density at radius 1 is 1.27 bits per heavy atom. The summed E-state index contributed by atoms with van der Waals surface area (Å²) in [6.07, 6.45) is 2.50. The van der Waals surface area contributed by atoms with Crippen molar-refractivity contribution in [2.75, 3.05) is 26.7 Å². The van der Waals surface area contributed by atoms with Crippen molar-refractivity contribution in [1.29, 1.82) is 0 Å². The Morgan fingerprint density at radius 3 is 2.45 bits per heavy atom. The van der Waals surface area contributed by atoms with Crippen molar-refractivity contribution in [1.82, 2.24) is 9.80 Å². The van der Waals surface area contributed by atoms with Crippen molar-refractivity contribution in [3.8, 4) is 0 Å². The lowest BCUT2D eigenvalue weighted by molar-refractivity contribution is -0.147. The lowest BCUT2D eigenvalue weighted by atomic mass is 9.90. The molecule has 0 spiro atoms. The van der Waals surface area contributed by atoms with Crippen LogP contribution in [0.5, 0.6) is 0 Å². The Morgan fingerprint density at radius 2 is 1.91 bits per heavy atom. The van der Waals surface area contributed by atoms with Crippen molar-refractivity contribution < 1.29 is 19.5 Å². The summed E-state index contributed by atoms with van der Waals surface area (Å²) in [5, 5.41) is 9.05. The van der Waals surface area contributed by atoms with Gasteiger partial charge in [-0.2, -0.15) is 0 Å². The number of hydrogen-bond acceptors (Lipinski definition) is 3. The number of likely N-dealkylation sites (tertiary alicyclic amines) is 1. The molecule has 6 nitrogen and oxygen atoms in total. The van der Waals surface area contributed by atoms with Crippen LogP contribution in [0.4, 0.5) is 0 Å². The van der Waals surface area contributed by atoms with E-state index in [4.69, 9.17) is 5.11 Å². The molecule has 0 radical (unpaired) electrons. The zero-order chi connectivity index (χ0) is 16.9. The number of hydrogen-bond donors (Lipinski definition) is 1. The van der Waals surface area contributed by atoms with Gasteiger partial charge in [0.2, 0.25) is 11.8 Å². The molecular weight excluding hydrogens is 284 g/mol. The van der Waals surface area contributed by atoms with E-state index in [2.05, 4.69) is 20.8 Å². The summed E-state index contributed by atoms with van der Waals surface area (Å²) in [5.74, 6) is -1.56. The van der Waals surface area contributed by atoms with Gasteiger partial charge in [-0.15, -0.1) is 0 Å². The number of amides is 2. The number of aliphatic carboxylic acids is 1. The maximum Gasteiger partial charge on any atom is 0.308 e. The van der Waals surface area contributed by atoms with Gasteiger partial charge in [0.1, 0.15) is 0 Å². The van der Waals surface area contributed by atoms with Crippen molar-refractivity contribution in [2.45, 2.75) is 46.5 Å². The Bertz CT molecular complexity index is 428. The summed E-state index contributed by atoms with van der Waals surface area (Å²) in [7, 11) is 1.63. The first-order valence-electron chi connectivity index (χ1n) is 7.84. The zero-order valence-electron chi connectivity index (χ0n) is 14.1. The van der Waals surface area contributed by atoms with E-state index in [1.165, 1.54) is 4.90 Å². The fourth-order valence-electron chi connectivity index (χ4n) is 2.47. The largest absolute Gasteiger partial charge is 0.481 e. The third-order valence-electron chi connectivity index (χ3n) is 4.01. The average molecular weight is 312 g/mol. The van der Waals surface area contributed by atoms with E-state index in [1.807, 2.05) is 0 Å². The van der Waals surface area contributed by atoms with Gasteiger partial charge < -0.3 is 14.9 Å². The molecule has 1 N–H and O–H groups in total. The molecule has 0 aromatic heterocycles. The molecule has 2 amide bonds. The van der Waals surface area contributed by atoms with Gasteiger partial charge in [-0.1, -0.05) is 20.8 Å². The summed E-state index contributed by atoms with van der Waals surface area (Å²) in [5.41, 5.74) is 0.0854. The van der Waals surface area contributed by atoms with E-state index in [-0.39, 0.29) is 30.3 Å². The van der Waals surface area contributed by atoms with E-state index < -0.39 is 11.9 Å². The van der Waals surface area contributed by atoms with Crippen LogP contribution in [0.25, 0.3) is 0 Å². The van der Waals surface area contributed by atoms with Crippen molar-refractivity contribution >= 4 is 17.8 Å². The van der Waals surface area contributed by atoms with Crippen LogP contribution in [0.15, 0.2) is 0 Å². The molecule has 0 aromatic carbocycles. The van der Waals surface area contributed by atoms with Crippen molar-refractivity contribution in [3.05, 3.63) is 0 Å². The van der Waals surface area contributed by atoms with Gasteiger partial charge in [0.25, 0.3) is 0 Å². The van der Waals surface area contributed by atoms with Crippen LogP contribution in [0.3, 0.4) is 0 Å². The molecule has 1 saturated heterocycles. The van der Waals surface area contributed by atoms with Gasteiger partial charge in [-0.25, -0.2) is 0 Å². The predicted octanol–water partition coefficient (Wildman–Crippen LogP) is 1.59. The van der Waals surface area contributed by atoms with Gasteiger partial charge in [-0.3, -0.25) is 14.4 Å². The highest BCUT2D eigenvalue weighted by Crippen LogP contribution is 2.21. The molecule has 1 aliphatic heterocycles. The summed E-state index contributed by atoms with van der Waals surface area (Å²) in [4.78, 5) is 38.3. The van der Waals surface area contributed by atoms with E-state index >= 15 is 0 Å². The molecule has 1 unspecified atom stereocenters. The number of likely N-dealkylation sites (N-methyl/N-ethyl adjacent to an activating group) is 1. The molecule has 22 heavy (non-hydrogen) atoms. The molecule has 1 heterocycles. The minimum absolute atomic E-state index is 0.0231. The van der Waals surface area contributed by atoms with E-state index in [0.29, 0.717) is 25.8 Å². The molecule has 0 aromatic rings. The lowest BCUT2D eigenvalue weighted by Gasteiger charge is -2.32. The summed E-state index contributed by atoms with van der Waals surface area (Å²) in [6, 6.07) is 0. The lowest BCUT2D eigenvalue weighted by Crippen LogP contribution is -2.46. The summed E-state index contributed by atoms with van der Waals surface area (Å²) >= 11 is 0. The SMILES string of the molecule is CN(CC(=O)N1CCCC(C(=O)O)C1)C(=O)CCC(C)(C)C. The molecular formula is C16H28N2O4. The molecule has 1 atom stereocenters. The maximum atomic E-state index is 12.2. The second-order valence-corrected chi connectivity index (χ2v) is 7.33. The number of carbonyl (C=O) groups excluding carboxylic acids is 2. The Hall–Kier alpha value is -1.59. The average Bonchev–Trinajstić information content (AvgIpc) is 2.43. The van der Waals surface area contributed by atoms with Crippen LogP contribution in [0.2, 0.25) is 0 Å². The second-order valence-electron chi connectivity index (χ2n) is 7.33. The molecule has 0 saturated carbocycles. The standard InChI is InChI=1S/C16H28N2O4/c1-16(2,3)8-7-13(19)17(4)11-14(20)18-9-5-6-12(10-18)15(21)22/h12H,5-11H2,1-4H3,(H,21,22). The van der Waals surface area contributed by atoms with Gasteiger partial charge >= 0.3 is 5.97 Å². The van der Waals surface area contributed by atoms with Gasteiger partial charge in [0.15, 0.2) is 0 Å². The van der Waals surface area contributed by atoms with Crippen LogP contribution in [-0.2, 0) is 14.4 Å². The van der Waals surface area contributed by atoms with Crippen molar-refractivity contribution in [2.24, 2.45) is 11.3 Å². The monoisotopic (exact) mass is 312 g/mol. The fourth-order valence-corrected chi connectivity index (χ4v) is 2.47. The number of carbonyl (C=O) groups is 3. The molecule has 0 aliphatic carbocycles. The highest BCUT2D eigenvalue weighted by atomic mass is 16.4. The van der Waals surface area contributed by atoms with Gasteiger partial charge in [0.05, 0.1) is 12.5 Å². The molecule has 1 aliphatic rings. The highest BCUT2D eigenvalue weighted by Gasteiger charge is 2.29. The highest BCUT2D eigenvalue weighted by molar-refractivity contribution is 5.85. The second kappa shape index (κ2) is 7.61. The fraction of sp³-hybridized carbons (Fsp3) is 0.812. The first kappa shape index (κ1) is 18.5. The van der Waals surface area contributed by atoms with Crippen LogP contribution < -0.4 is 0 Å². The number of nitrogens with zero attached hydrogens (tertiary/aromatic N) is 2. The first-order valence-corrected chi connectivity index (χ1v) is 7.84. The predicted molar refractivity (Wildman–Crippen MR) is 83.3 cm³/mol. The quantitative estimate of drug-likeness (QED) is 0.836. The zero-order valence-corrected chi connectivity index (χ0v) is 14.1. The topological polar surface area (TPSA) is 77.9 Å². The van der Waals surface area contributed by atoms with E-state index in [1.54, 1.807) is 11.9 Å². The molecule has 0 bridgehead atoms. The minimum Gasteiger partial charge on any atom is -0.481 e. The third-order valence-corrected chi connectivity index (χ3v) is 4.01. The summed E-state index contributed by atoms with van der Waals surface area (Å²) < 4.78 is 0. The molecule has 6 heteroatoms. The van der Waals surface area contributed by atoms with Gasteiger partial charge in [-0.05, 0) is 24.7 Å². The van der Waals surface area contributed by atoms with Crippen LogP contribution in [-0.4, -0.2) is 59.4 Å². The van der Waals surface area contributed by atoms with E-state index in [9.17, 15) is 14.4 Å². The number of piperidine rings is 1. The van der Waals surface area contributed by atoms with Crippen LogP contribution in [0, 0.1) is 11.3 Å². The Labute approximate surface area is 132 Å². The first-order chi connectivity index (χ1) is 10.1. The molecule has 1 fully saturated rings. The van der Waals surface area contributed by atoms with Crippen LogP contribution in [0.1, 0.15) is 46.5 Å². The minimum atomic E-state index is -0.855. The number of rotatable bonds is 5. The molecule has 126 valence electrons. The number of carboxylic acids is 1. The van der Waals surface area contributed by atoms with Gasteiger partial charge in [0, 0.05) is 26.6 Å². The van der Waals surface area contributed by atoms with Crippen LogP contribution >= 0.6 is 0 Å². The Kier molecular flexibility index (Phi) is 6.38.